The lowest BCUT2D eigenvalue weighted by Gasteiger charge is -2.42. The van der Waals surface area contributed by atoms with Gasteiger partial charge in [-0.3, -0.25) is 4.90 Å². The quantitative estimate of drug-likeness (QED) is 0.839. The first-order chi connectivity index (χ1) is 7.70. The van der Waals surface area contributed by atoms with Gasteiger partial charge < -0.3 is 5.73 Å². The molecule has 0 spiro atoms. The summed E-state index contributed by atoms with van der Waals surface area (Å²) in [5, 5.41) is 0. The van der Waals surface area contributed by atoms with E-state index in [1.54, 1.807) is 0 Å². The van der Waals surface area contributed by atoms with Crippen LogP contribution < -0.4 is 5.73 Å². The first kappa shape index (κ1) is 11.6. The Hall–Kier alpha value is -0.860. The van der Waals surface area contributed by atoms with Crippen molar-refractivity contribution < 1.29 is 0 Å². The topological polar surface area (TPSA) is 29.3 Å². The van der Waals surface area contributed by atoms with Crippen molar-refractivity contribution in [1.82, 2.24) is 4.90 Å². The van der Waals surface area contributed by atoms with E-state index in [-0.39, 0.29) is 0 Å². The lowest BCUT2D eigenvalue weighted by atomic mass is 9.78. The summed E-state index contributed by atoms with van der Waals surface area (Å²) < 4.78 is 0. The van der Waals surface area contributed by atoms with Crippen molar-refractivity contribution in [2.45, 2.75) is 32.4 Å². The van der Waals surface area contributed by atoms with Crippen LogP contribution in [0.25, 0.3) is 0 Å². The van der Waals surface area contributed by atoms with Gasteiger partial charge in [0.25, 0.3) is 0 Å². The summed E-state index contributed by atoms with van der Waals surface area (Å²) in [6.07, 6.45) is 2.61. The highest BCUT2D eigenvalue weighted by Crippen LogP contribution is 2.31. The molecular weight excluding hydrogens is 196 g/mol. The molecular formula is C14H22N2. The maximum absolute atomic E-state index is 5.75. The van der Waals surface area contributed by atoms with E-state index >= 15 is 0 Å². The first-order valence-electron chi connectivity index (χ1n) is 6.16. The van der Waals surface area contributed by atoms with E-state index in [4.69, 9.17) is 5.73 Å². The molecule has 2 unspecified atom stereocenters. The van der Waals surface area contributed by atoms with E-state index in [1.807, 2.05) is 0 Å². The Morgan fingerprint density at radius 2 is 2.19 bits per heavy atom. The molecule has 0 aromatic heterocycles. The lowest BCUT2D eigenvalue weighted by Crippen LogP contribution is -2.47. The monoisotopic (exact) mass is 218 g/mol. The number of aryl methyl sites for hydroxylation is 1. The Morgan fingerprint density at radius 1 is 1.38 bits per heavy atom. The highest BCUT2D eigenvalue weighted by Gasteiger charge is 2.32. The lowest BCUT2D eigenvalue weighted by molar-refractivity contribution is 0.0837. The maximum Gasteiger partial charge on any atom is 0.0233 e. The van der Waals surface area contributed by atoms with E-state index in [1.165, 1.54) is 24.0 Å². The second-order valence-electron chi connectivity index (χ2n) is 5.04. The molecule has 1 fully saturated rings. The maximum atomic E-state index is 5.75. The normalized spacial score (nSPS) is 24.5. The van der Waals surface area contributed by atoms with Gasteiger partial charge in [-0.05, 0) is 44.8 Å². The third-order valence-corrected chi connectivity index (χ3v) is 3.76. The van der Waals surface area contributed by atoms with Crippen LogP contribution in [0.3, 0.4) is 0 Å². The summed E-state index contributed by atoms with van der Waals surface area (Å²) in [5.41, 5.74) is 8.50. The number of benzene rings is 1. The molecule has 1 aliphatic carbocycles. The van der Waals surface area contributed by atoms with Crippen LogP contribution in [0.5, 0.6) is 0 Å². The molecule has 1 aliphatic rings. The van der Waals surface area contributed by atoms with Crippen molar-refractivity contribution in [2.24, 2.45) is 11.7 Å². The number of hydrogen-bond donors (Lipinski definition) is 1. The van der Waals surface area contributed by atoms with Crippen LogP contribution in [0.1, 0.15) is 24.0 Å². The van der Waals surface area contributed by atoms with E-state index in [0.29, 0.717) is 6.04 Å². The molecule has 2 rings (SSSR count). The summed E-state index contributed by atoms with van der Waals surface area (Å²) >= 11 is 0. The third-order valence-electron chi connectivity index (χ3n) is 3.76. The molecule has 0 heterocycles. The molecule has 0 bridgehead atoms. The number of rotatable bonds is 4. The predicted molar refractivity (Wildman–Crippen MR) is 68.2 cm³/mol. The molecule has 0 radical (unpaired) electrons. The van der Waals surface area contributed by atoms with Crippen molar-refractivity contribution in [3.8, 4) is 0 Å². The summed E-state index contributed by atoms with van der Waals surface area (Å²) in [5.74, 6) is 0.717. The molecule has 0 saturated heterocycles. The molecule has 2 nitrogen and oxygen atoms in total. The summed E-state index contributed by atoms with van der Waals surface area (Å²) in [4.78, 5) is 2.45. The Labute approximate surface area is 98.4 Å². The van der Waals surface area contributed by atoms with Gasteiger partial charge in [0.1, 0.15) is 0 Å². The summed E-state index contributed by atoms with van der Waals surface area (Å²) in [6, 6.07) is 9.46. The van der Waals surface area contributed by atoms with Crippen LogP contribution in [0, 0.1) is 12.8 Å². The molecule has 0 amide bonds. The Bertz CT molecular complexity index is 346. The zero-order valence-electron chi connectivity index (χ0n) is 10.3. The molecule has 1 aromatic carbocycles. The van der Waals surface area contributed by atoms with Crippen LogP contribution in [-0.2, 0) is 6.54 Å². The Balaban J connectivity index is 1.94. The van der Waals surface area contributed by atoms with Gasteiger partial charge in [-0.1, -0.05) is 29.8 Å². The van der Waals surface area contributed by atoms with Crippen molar-refractivity contribution in [1.29, 1.82) is 0 Å². The second kappa shape index (κ2) is 4.98. The van der Waals surface area contributed by atoms with Crippen LogP contribution in [0.2, 0.25) is 0 Å². The third kappa shape index (κ3) is 2.45. The summed E-state index contributed by atoms with van der Waals surface area (Å²) in [6.45, 7) is 4.03. The minimum atomic E-state index is 0.700. The molecule has 2 heteroatoms. The van der Waals surface area contributed by atoms with Gasteiger partial charge >= 0.3 is 0 Å². The van der Waals surface area contributed by atoms with Gasteiger partial charge in [0.2, 0.25) is 0 Å². The van der Waals surface area contributed by atoms with E-state index in [0.717, 1.165) is 19.0 Å². The number of nitrogens with zero attached hydrogens (tertiary/aromatic N) is 1. The molecule has 1 aromatic rings. The van der Waals surface area contributed by atoms with Gasteiger partial charge in [-0.25, -0.2) is 0 Å². The minimum absolute atomic E-state index is 0.700. The fourth-order valence-electron chi connectivity index (χ4n) is 2.62. The molecule has 2 N–H and O–H groups in total. The standard InChI is InChI=1S/C14H22N2/c1-11-4-3-5-12(8-11)10-16(2)14-7-6-13(14)9-15/h3-5,8,13-14H,6-7,9-10,15H2,1-2H3. The number of hydrogen-bond acceptors (Lipinski definition) is 2. The Morgan fingerprint density at radius 3 is 2.75 bits per heavy atom. The highest BCUT2D eigenvalue weighted by atomic mass is 15.1. The van der Waals surface area contributed by atoms with Crippen LogP contribution in [-0.4, -0.2) is 24.5 Å². The number of nitrogens with two attached hydrogens (primary N) is 1. The van der Waals surface area contributed by atoms with E-state index in [2.05, 4.69) is 43.1 Å². The Kier molecular flexibility index (Phi) is 3.62. The molecule has 1 saturated carbocycles. The second-order valence-corrected chi connectivity index (χ2v) is 5.04. The van der Waals surface area contributed by atoms with Crippen LogP contribution >= 0.6 is 0 Å². The largest absolute Gasteiger partial charge is 0.330 e. The summed E-state index contributed by atoms with van der Waals surface area (Å²) in [7, 11) is 2.22. The van der Waals surface area contributed by atoms with Gasteiger partial charge in [-0.15, -0.1) is 0 Å². The molecule has 88 valence electrons. The van der Waals surface area contributed by atoms with Gasteiger partial charge in [0.05, 0.1) is 0 Å². The van der Waals surface area contributed by atoms with Crippen molar-refractivity contribution >= 4 is 0 Å². The van der Waals surface area contributed by atoms with E-state index in [9.17, 15) is 0 Å². The van der Waals surface area contributed by atoms with Crippen molar-refractivity contribution in [3.05, 3.63) is 35.4 Å². The molecule has 0 aliphatic heterocycles. The fourth-order valence-corrected chi connectivity index (χ4v) is 2.62. The van der Waals surface area contributed by atoms with Gasteiger partial charge in [0.15, 0.2) is 0 Å². The zero-order valence-corrected chi connectivity index (χ0v) is 10.3. The SMILES string of the molecule is Cc1cccc(CN(C)C2CCC2CN)c1. The van der Waals surface area contributed by atoms with Crippen LogP contribution in [0.4, 0.5) is 0 Å². The van der Waals surface area contributed by atoms with E-state index < -0.39 is 0 Å². The van der Waals surface area contributed by atoms with Gasteiger partial charge in [-0.2, -0.15) is 0 Å². The van der Waals surface area contributed by atoms with Crippen LogP contribution in [0.15, 0.2) is 24.3 Å². The van der Waals surface area contributed by atoms with Crippen molar-refractivity contribution in [3.63, 3.8) is 0 Å². The molecule has 2 atom stereocenters. The minimum Gasteiger partial charge on any atom is -0.330 e. The fraction of sp³-hybridized carbons (Fsp3) is 0.571. The average Bonchev–Trinajstić information content (AvgIpc) is 2.16. The zero-order chi connectivity index (χ0) is 11.5. The highest BCUT2D eigenvalue weighted by molar-refractivity contribution is 5.22. The average molecular weight is 218 g/mol. The predicted octanol–water partition coefficient (Wildman–Crippen LogP) is 2.16. The van der Waals surface area contributed by atoms with Crippen molar-refractivity contribution in [2.75, 3.05) is 13.6 Å². The molecule has 16 heavy (non-hydrogen) atoms. The first-order valence-corrected chi connectivity index (χ1v) is 6.16. The van der Waals surface area contributed by atoms with Gasteiger partial charge in [0, 0.05) is 12.6 Å². The smallest absolute Gasteiger partial charge is 0.0233 e.